The first-order valence-electron chi connectivity index (χ1n) is 11.0. The summed E-state index contributed by atoms with van der Waals surface area (Å²) in [4.78, 5) is 31.5. The van der Waals surface area contributed by atoms with Crippen LogP contribution in [0.15, 0.2) is 41.8 Å². The monoisotopic (exact) mass is 427 g/mol. The SMILES string of the molecule is CCCN(CCC)CCCNC(=O)[C@@H]1c2ccccc2C(=O)N(C)[C@H]1c1cccs1. The minimum atomic E-state index is -0.398. The summed E-state index contributed by atoms with van der Waals surface area (Å²) in [6, 6.07) is 11.2. The average Bonchev–Trinajstić information content (AvgIpc) is 3.28. The number of nitrogens with one attached hydrogen (secondary N) is 1. The molecule has 1 aromatic carbocycles. The van der Waals surface area contributed by atoms with E-state index in [0.29, 0.717) is 12.1 Å². The minimum absolute atomic E-state index is 0.00210. The zero-order valence-corrected chi connectivity index (χ0v) is 19.1. The number of amides is 2. The molecule has 0 saturated heterocycles. The zero-order valence-electron chi connectivity index (χ0n) is 18.3. The molecule has 2 atom stereocenters. The Morgan fingerprint density at radius 2 is 1.83 bits per heavy atom. The van der Waals surface area contributed by atoms with Gasteiger partial charge in [0.15, 0.2) is 0 Å². The van der Waals surface area contributed by atoms with E-state index in [9.17, 15) is 9.59 Å². The molecule has 1 aromatic heterocycles. The van der Waals surface area contributed by atoms with Crippen LogP contribution in [0.3, 0.4) is 0 Å². The van der Waals surface area contributed by atoms with E-state index >= 15 is 0 Å². The number of hydrogen-bond donors (Lipinski definition) is 1. The molecule has 2 amide bonds. The fraction of sp³-hybridized carbons (Fsp3) is 0.500. The van der Waals surface area contributed by atoms with E-state index in [0.717, 1.165) is 49.3 Å². The van der Waals surface area contributed by atoms with Gasteiger partial charge in [0.05, 0.1) is 12.0 Å². The van der Waals surface area contributed by atoms with Crippen molar-refractivity contribution in [3.63, 3.8) is 0 Å². The van der Waals surface area contributed by atoms with Gasteiger partial charge in [-0.2, -0.15) is 0 Å². The Bertz CT molecular complexity index is 831. The number of carbonyl (C=O) groups excluding carboxylic acids is 2. The maximum atomic E-state index is 13.4. The Kier molecular flexibility index (Phi) is 8.05. The lowest BCUT2D eigenvalue weighted by atomic mass is 9.81. The first-order chi connectivity index (χ1) is 14.6. The Hall–Kier alpha value is -2.18. The highest BCUT2D eigenvalue weighted by molar-refractivity contribution is 7.10. The minimum Gasteiger partial charge on any atom is -0.355 e. The van der Waals surface area contributed by atoms with Crippen LogP contribution < -0.4 is 5.32 Å². The number of likely N-dealkylation sites (N-methyl/N-ethyl adjacent to an activating group) is 1. The van der Waals surface area contributed by atoms with E-state index in [2.05, 4.69) is 24.1 Å². The van der Waals surface area contributed by atoms with Gasteiger partial charge < -0.3 is 15.1 Å². The molecular weight excluding hydrogens is 394 g/mol. The third kappa shape index (κ3) is 4.93. The Balaban J connectivity index is 1.74. The second-order valence-corrected chi connectivity index (χ2v) is 8.91. The normalized spacial score (nSPS) is 18.5. The summed E-state index contributed by atoms with van der Waals surface area (Å²) >= 11 is 1.59. The van der Waals surface area contributed by atoms with Gasteiger partial charge in [0.25, 0.3) is 5.91 Å². The fourth-order valence-corrected chi connectivity index (χ4v) is 5.27. The average molecular weight is 428 g/mol. The van der Waals surface area contributed by atoms with E-state index in [4.69, 9.17) is 0 Å². The number of nitrogens with zero attached hydrogens (tertiary/aromatic N) is 2. The third-order valence-electron chi connectivity index (χ3n) is 5.73. The Morgan fingerprint density at radius 3 is 2.50 bits per heavy atom. The van der Waals surface area contributed by atoms with Crippen molar-refractivity contribution in [2.24, 2.45) is 0 Å². The number of hydrogen-bond acceptors (Lipinski definition) is 4. The summed E-state index contributed by atoms with van der Waals surface area (Å²) in [5.74, 6) is -0.425. The molecule has 2 aromatic rings. The second kappa shape index (κ2) is 10.7. The van der Waals surface area contributed by atoms with Gasteiger partial charge in [-0.1, -0.05) is 38.1 Å². The molecule has 1 aliphatic heterocycles. The van der Waals surface area contributed by atoms with Crippen molar-refractivity contribution < 1.29 is 9.59 Å². The number of carbonyl (C=O) groups is 2. The zero-order chi connectivity index (χ0) is 21.5. The van der Waals surface area contributed by atoms with Crippen molar-refractivity contribution in [1.82, 2.24) is 15.1 Å². The van der Waals surface area contributed by atoms with Gasteiger partial charge in [-0.15, -0.1) is 11.3 Å². The second-order valence-electron chi connectivity index (χ2n) is 7.93. The van der Waals surface area contributed by atoms with Crippen molar-refractivity contribution in [3.05, 3.63) is 57.8 Å². The van der Waals surface area contributed by atoms with Crippen molar-refractivity contribution in [2.75, 3.05) is 33.2 Å². The van der Waals surface area contributed by atoms with Gasteiger partial charge in [0.1, 0.15) is 0 Å². The highest BCUT2D eigenvalue weighted by atomic mass is 32.1. The van der Waals surface area contributed by atoms with E-state index in [1.807, 2.05) is 41.8 Å². The molecule has 0 radical (unpaired) electrons. The maximum absolute atomic E-state index is 13.4. The number of benzene rings is 1. The first kappa shape index (κ1) is 22.5. The number of fused-ring (bicyclic) bond motifs is 1. The Morgan fingerprint density at radius 1 is 1.10 bits per heavy atom. The van der Waals surface area contributed by atoms with Crippen LogP contribution in [0.1, 0.15) is 65.9 Å². The van der Waals surface area contributed by atoms with Crippen LogP contribution in [0.2, 0.25) is 0 Å². The molecule has 2 heterocycles. The lowest BCUT2D eigenvalue weighted by Crippen LogP contribution is -2.45. The summed E-state index contributed by atoms with van der Waals surface area (Å²) in [5.41, 5.74) is 1.46. The van der Waals surface area contributed by atoms with E-state index in [1.165, 1.54) is 0 Å². The summed E-state index contributed by atoms with van der Waals surface area (Å²) in [5, 5.41) is 5.16. The predicted molar refractivity (Wildman–Crippen MR) is 123 cm³/mol. The van der Waals surface area contributed by atoms with Crippen molar-refractivity contribution in [1.29, 1.82) is 0 Å². The lowest BCUT2D eigenvalue weighted by molar-refractivity contribution is -0.124. The number of rotatable bonds is 10. The van der Waals surface area contributed by atoms with Crippen LogP contribution in [0.4, 0.5) is 0 Å². The molecule has 5 nitrogen and oxygen atoms in total. The largest absolute Gasteiger partial charge is 0.355 e. The van der Waals surface area contributed by atoms with E-state index in [1.54, 1.807) is 23.3 Å². The smallest absolute Gasteiger partial charge is 0.254 e. The third-order valence-corrected chi connectivity index (χ3v) is 6.67. The highest BCUT2D eigenvalue weighted by Crippen LogP contribution is 2.43. The molecule has 0 aliphatic carbocycles. The molecule has 0 spiro atoms. The molecule has 30 heavy (non-hydrogen) atoms. The topological polar surface area (TPSA) is 52.7 Å². The van der Waals surface area contributed by atoms with Gasteiger partial charge in [-0.3, -0.25) is 9.59 Å². The molecule has 1 N–H and O–H groups in total. The molecule has 1 aliphatic rings. The Labute approximate surface area is 184 Å². The van der Waals surface area contributed by atoms with Crippen molar-refractivity contribution in [3.8, 4) is 0 Å². The molecule has 162 valence electrons. The molecule has 6 heteroatoms. The van der Waals surface area contributed by atoms with Crippen molar-refractivity contribution in [2.45, 2.75) is 45.1 Å². The summed E-state index contributed by atoms with van der Waals surface area (Å²) < 4.78 is 0. The molecule has 0 bridgehead atoms. The molecular formula is C24H33N3O2S. The van der Waals surface area contributed by atoms with Gasteiger partial charge in [-0.25, -0.2) is 0 Å². The lowest BCUT2D eigenvalue weighted by Gasteiger charge is -2.39. The summed E-state index contributed by atoms with van der Waals surface area (Å²) in [7, 11) is 1.80. The molecule has 0 saturated carbocycles. The van der Waals surface area contributed by atoms with E-state index in [-0.39, 0.29) is 17.9 Å². The standard InChI is InChI=1S/C24H33N3O2S/c1-4-14-27(15-5-2)16-9-13-25-23(28)21-18-10-6-7-11-19(18)24(29)26(3)22(21)20-12-8-17-30-20/h6-8,10-12,17,21-22H,4-5,9,13-16H2,1-3H3,(H,25,28)/t21-,22+/m1/s1. The van der Waals surface area contributed by atoms with Crippen LogP contribution in [0.5, 0.6) is 0 Å². The first-order valence-corrected chi connectivity index (χ1v) is 11.9. The maximum Gasteiger partial charge on any atom is 0.254 e. The molecule has 0 fully saturated rings. The highest BCUT2D eigenvalue weighted by Gasteiger charge is 2.42. The predicted octanol–water partition coefficient (Wildman–Crippen LogP) is 4.29. The van der Waals surface area contributed by atoms with Gasteiger partial charge >= 0.3 is 0 Å². The van der Waals surface area contributed by atoms with Gasteiger partial charge in [0.2, 0.25) is 5.91 Å². The van der Waals surface area contributed by atoms with Crippen LogP contribution in [-0.4, -0.2) is 54.8 Å². The number of thiophene rings is 1. The molecule has 3 rings (SSSR count). The molecule has 0 unspecified atom stereocenters. The summed E-state index contributed by atoms with van der Waals surface area (Å²) in [6.07, 6.45) is 3.22. The van der Waals surface area contributed by atoms with Crippen molar-refractivity contribution >= 4 is 23.2 Å². The van der Waals surface area contributed by atoms with Gasteiger partial charge in [-0.05, 0) is 62.0 Å². The van der Waals surface area contributed by atoms with Crippen LogP contribution >= 0.6 is 11.3 Å². The van der Waals surface area contributed by atoms with E-state index < -0.39 is 5.92 Å². The van der Waals surface area contributed by atoms with Gasteiger partial charge in [0, 0.05) is 24.0 Å². The quantitative estimate of drug-likeness (QED) is 0.576. The van der Waals surface area contributed by atoms with Crippen LogP contribution in [-0.2, 0) is 4.79 Å². The van der Waals surface area contributed by atoms with Crippen LogP contribution in [0, 0.1) is 0 Å². The fourth-order valence-electron chi connectivity index (χ4n) is 4.36. The summed E-state index contributed by atoms with van der Waals surface area (Å²) in [6.45, 7) is 8.25. The van der Waals surface area contributed by atoms with Crippen LogP contribution in [0.25, 0.3) is 0 Å².